The van der Waals surface area contributed by atoms with Crippen molar-refractivity contribution >= 4 is 16.3 Å². The van der Waals surface area contributed by atoms with Crippen molar-refractivity contribution in [1.29, 1.82) is 0 Å². The molecule has 1 atom stereocenters. The normalized spacial score (nSPS) is 20.4. The molecule has 0 nitrogen and oxygen atoms in total. The van der Waals surface area contributed by atoms with Crippen LogP contribution in [-0.4, -0.2) is 0 Å². The fraction of sp³-hybridized carbons (Fsp3) is 0.100. The SMILES string of the molecule is CC1=CC2C(=C1)C=CC=C2c1cccc2ccccc12. The Morgan fingerprint density at radius 2 is 1.80 bits per heavy atom. The van der Waals surface area contributed by atoms with Gasteiger partial charge in [-0.1, -0.05) is 78.4 Å². The van der Waals surface area contributed by atoms with Crippen LogP contribution in [0.5, 0.6) is 0 Å². The Kier molecular flexibility index (Phi) is 2.50. The minimum absolute atomic E-state index is 0.422. The lowest BCUT2D eigenvalue weighted by Crippen LogP contribution is -2.03. The van der Waals surface area contributed by atoms with Gasteiger partial charge >= 0.3 is 0 Å². The fourth-order valence-corrected chi connectivity index (χ4v) is 3.28. The summed E-state index contributed by atoms with van der Waals surface area (Å²) in [6.07, 6.45) is 11.3. The Morgan fingerprint density at radius 1 is 0.950 bits per heavy atom. The van der Waals surface area contributed by atoms with Crippen LogP contribution < -0.4 is 0 Å². The highest BCUT2D eigenvalue weighted by atomic mass is 14.3. The molecule has 0 amide bonds. The summed E-state index contributed by atoms with van der Waals surface area (Å²) in [5.41, 5.74) is 5.54. The van der Waals surface area contributed by atoms with Gasteiger partial charge in [0.1, 0.15) is 0 Å². The van der Waals surface area contributed by atoms with E-state index in [0.717, 1.165) is 0 Å². The first kappa shape index (κ1) is 11.5. The molecule has 0 heteroatoms. The molecule has 0 aliphatic heterocycles. The smallest absolute Gasteiger partial charge is 0.0281 e. The highest BCUT2D eigenvalue weighted by molar-refractivity contribution is 5.96. The van der Waals surface area contributed by atoms with Crippen molar-refractivity contribution in [3.63, 3.8) is 0 Å². The van der Waals surface area contributed by atoms with Crippen LogP contribution in [0.15, 0.2) is 84.0 Å². The molecular formula is C20H16. The van der Waals surface area contributed by atoms with Gasteiger partial charge in [0.25, 0.3) is 0 Å². The van der Waals surface area contributed by atoms with Crippen LogP contribution in [0.1, 0.15) is 12.5 Å². The topological polar surface area (TPSA) is 0 Å². The van der Waals surface area contributed by atoms with E-state index in [1.54, 1.807) is 0 Å². The van der Waals surface area contributed by atoms with Crippen molar-refractivity contribution in [2.45, 2.75) is 6.92 Å². The van der Waals surface area contributed by atoms with E-state index in [1.165, 1.54) is 33.1 Å². The van der Waals surface area contributed by atoms with Crippen molar-refractivity contribution in [2.24, 2.45) is 5.92 Å². The van der Waals surface area contributed by atoms with Gasteiger partial charge in [0.15, 0.2) is 0 Å². The van der Waals surface area contributed by atoms with Crippen LogP contribution in [0.2, 0.25) is 0 Å². The first-order valence-electron chi connectivity index (χ1n) is 7.09. The number of hydrogen-bond acceptors (Lipinski definition) is 0. The van der Waals surface area contributed by atoms with E-state index in [2.05, 4.69) is 79.8 Å². The van der Waals surface area contributed by atoms with Gasteiger partial charge in [-0.2, -0.15) is 0 Å². The summed E-state index contributed by atoms with van der Waals surface area (Å²) in [5.74, 6) is 0.422. The van der Waals surface area contributed by atoms with Gasteiger partial charge in [0, 0.05) is 5.92 Å². The van der Waals surface area contributed by atoms with Crippen LogP contribution in [-0.2, 0) is 0 Å². The molecule has 4 rings (SSSR count). The Morgan fingerprint density at radius 3 is 2.75 bits per heavy atom. The third-order valence-electron chi connectivity index (χ3n) is 4.18. The van der Waals surface area contributed by atoms with Gasteiger partial charge in [-0.05, 0) is 34.4 Å². The highest BCUT2D eigenvalue weighted by Gasteiger charge is 2.23. The zero-order valence-electron chi connectivity index (χ0n) is 11.5. The molecule has 0 aromatic heterocycles. The molecule has 0 radical (unpaired) electrons. The number of benzene rings is 2. The summed E-state index contributed by atoms with van der Waals surface area (Å²) >= 11 is 0. The lowest BCUT2D eigenvalue weighted by Gasteiger charge is -2.20. The maximum atomic E-state index is 2.37. The Hall–Kier alpha value is -2.34. The van der Waals surface area contributed by atoms with E-state index >= 15 is 0 Å². The van der Waals surface area contributed by atoms with Crippen molar-refractivity contribution in [2.75, 3.05) is 0 Å². The van der Waals surface area contributed by atoms with Gasteiger partial charge in [-0.3, -0.25) is 0 Å². The summed E-state index contributed by atoms with van der Waals surface area (Å²) < 4.78 is 0. The summed E-state index contributed by atoms with van der Waals surface area (Å²) in [4.78, 5) is 0. The van der Waals surface area contributed by atoms with E-state index in [9.17, 15) is 0 Å². The molecule has 0 saturated heterocycles. The third kappa shape index (κ3) is 1.69. The van der Waals surface area contributed by atoms with Gasteiger partial charge in [0.05, 0.1) is 0 Å². The second-order valence-corrected chi connectivity index (χ2v) is 5.54. The second kappa shape index (κ2) is 4.35. The van der Waals surface area contributed by atoms with E-state index in [4.69, 9.17) is 0 Å². The van der Waals surface area contributed by atoms with Gasteiger partial charge in [-0.15, -0.1) is 0 Å². The second-order valence-electron chi connectivity index (χ2n) is 5.54. The number of allylic oxidation sites excluding steroid dienone is 8. The number of fused-ring (bicyclic) bond motifs is 2. The monoisotopic (exact) mass is 256 g/mol. The first-order chi connectivity index (χ1) is 9.83. The summed E-state index contributed by atoms with van der Waals surface area (Å²) in [6.45, 7) is 2.18. The minimum Gasteiger partial charge on any atom is -0.0697 e. The van der Waals surface area contributed by atoms with Crippen LogP contribution in [0.4, 0.5) is 0 Å². The standard InChI is InChI=1S/C20H16/c1-14-12-16-8-5-11-19(20(16)13-14)18-10-4-7-15-6-2-3-9-17(15)18/h2-13,20H,1H3. The molecule has 2 aromatic rings. The molecule has 2 aliphatic carbocycles. The maximum Gasteiger partial charge on any atom is 0.0281 e. The summed E-state index contributed by atoms with van der Waals surface area (Å²) in [5, 5.41) is 2.65. The molecular weight excluding hydrogens is 240 g/mol. The van der Waals surface area contributed by atoms with Crippen molar-refractivity contribution in [3.05, 3.63) is 89.6 Å². The molecule has 20 heavy (non-hydrogen) atoms. The lowest BCUT2D eigenvalue weighted by atomic mass is 9.83. The van der Waals surface area contributed by atoms with Crippen molar-refractivity contribution in [1.82, 2.24) is 0 Å². The quantitative estimate of drug-likeness (QED) is 0.650. The molecule has 1 unspecified atom stereocenters. The minimum atomic E-state index is 0.422. The van der Waals surface area contributed by atoms with E-state index in [0.29, 0.717) is 5.92 Å². The van der Waals surface area contributed by atoms with Crippen LogP contribution in [0.3, 0.4) is 0 Å². The molecule has 2 aromatic carbocycles. The Bertz CT molecular complexity index is 808. The Balaban J connectivity index is 1.94. The molecule has 0 fully saturated rings. The zero-order chi connectivity index (χ0) is 13.5. The van der Waals surface area contributed by atoms with Gasteiger partial charge in [-0.25, -0.2) is 0 Å². The predicted molar refractivity (Wildman–Crippen MR) is 86.4 cm³/mol. The predicted octanol–water partition coefficient (Wildman–Crippen LogP) is 5.30. The molecule has 0 bridgehead atoms. The summed E-state index contributed by atoms with van der Waals surface area (Å²) in [6, 6.07) is 15.2. The number of rotatable bonds is 1. The van der Waals surface area contributed by atoms with Gasteiger partial charge in [0.2, 0.25) is 0 Å². The largest absolute Gasteiger partial charge is 0.0697 e. The average molecular weight is 256 g/mol. The van der Waals surface area contributed by atoms with E-state index in [-0.39, 0.29) is 0 Å². The van der Waals surface area contributed by atoms with E-state index < -0.39 is 0 Å². The molecule has 0 saturated carbocycles. The first-order valence-corrected chi connectivity index (χ1v) is 7.09. The van der Waals surface area contributed by atoms with Gasteiger partial charge < -0.3 is 0 Å². The average Bonchev–Trinajstić information content (AvgIpc) is 2.87. The van der Waals surface area contributed by atoms with Crippen LogP contribution in [0, 0.1) is 5.92 Å². The molecule has 2 aliphatic rings. The lowest BCUT2D eigenvalue weighted by molar-refractivity contribution is 1.04. The van der Waals surface area contributed by atoms with E-state index in [1.807, 2.05) is 0 Å². The number of hydrogen-bond donors (Lipinski definition) is 0. The highest BCUT2D eigenvalue weighted by Crippen LogP contribution is 2.40. The summed E-state index contributed by atoms with van der Waals surface area (Å²) in [7, 11) is 0. The molecule has 0 N–H and O–H groups in total. The van der Waals surface area contributed by atoms with Crippen molar-refractivity contribution in [3.8, 4) is 0 Å². The van der Waals surface area contributed by atoms with Crippen LogP contribution in [0.25, 0.3) is 16.3 Å². The molecule has 96 valence electrons. The fourth-order valence-electron chi connectivity index (χ4n) is 3.28. The van der Waals surface area contributed by atoms with Crippen LogP contribution >= 0.6 is 0 Å². The van der Waals surface area contributed by atoms with Crippen molar-refractivity contribution < 1.29 is 0 Å². The third-order valence-corrected chi connectivity index (χ3v) is 4.18. The molecule has 0 heterocycles. The maximum absolute atomic E-state index is 2.37. The zero-order valence-corrected chi connectivity index (χ0v) is 11.5. The Labute approximate surface area is 119 Å². The molecule has 0 spiro atoms.